The largest absolute Gasteiger partial charge is 0.486 e. The third-order valence-electron chi connectivity index (χ3n) is 6.33. The molecule has 4 heterocycles. The van der Waals surface area contributed by atoms with Crippen LogP contribution in [0.5, 0.6) is 11.5 Å². The lowest BCUT2D eigenvalue weighted by atomic mass is 10.00. The summed E-state index contributed by atoms with van der Waals surface area (Å²) < 4.78 is 11.2. The summed E-state index contributed by atoms with van der Waals surface area (Å²) in [6.45, 7) is 14.5. The van der Waals surface area contributed by atoms with E-state index in [0.717, 1.165) is 65.2 Å². The number of likely N-dealkylation sites (tertiary alicyclic amines) is 1. The highest BCUT2D eigenvalue weighted by atomic mass is 16.6. The molecule has 7 heteroatoms. The number of ether oxygens (including phenoxy) is 2. The van der Waals surface area contributed by atoms with Gasteiger partial charge >= 0.3 is 0 Å². The van der Waals surface area contributed by atoms with Crippen LogP contribution in [0.25, 0.3) is 10.9 Å². The second kappa shape index (κ2) is 14.1. The number of benzene rings is 1. The Balaban J connectivity index is 0.000000861. The van der Waals surface area contributed by atoms with Crippen LogP contribution in [-0.2, 0) is 6.54 Å². The molecule has 2 aromatic heterocycles. The first-order valence-electron chi connectivity index (χ1n) is 13.4. The van der Waals surface area contributed by atoms with Crippen molar-refractivity contribution >= 4 is 10.9 Å². The first-order valence-corrected chi connectivity index (χ1v) is 13.4. The lowest BCUT2D eigenvalue weighted by molar-refractivity contribution is 0.0948. The predicted octanol–water partition coefficient (Wildman–Crippen LogP) is 5.05. The van der Waals surface area contributed by atoms with Crippen molar-refractivity contribution < 1.29 is 14.6 Å². The molecule has 2 N–H and O–H groups in total. The molecule has 0 aliphatic carbocycles. The van der Waals surface area contributed by atoms with E-state index in [1.165, 1.54) is 0 Å². The van der Waals surface area contributed by atoms with Crippen LogP contribution in [0.3, 0.4) is 0 Å². The van der Waals surface area contributed by atoms with Crippen LogP contribution >= 0.6 is 0 Å². The van der Waals surface area contributed by atoms with E-state index in [-0.39, 0.29) is 0 Å². The van der Waals surface area contributed by atoms with Gasteiger partial charge in [-0.3, -0.25) is 9.97 Å². The summed E-state index contributed by atoms with van der Waals surface area (Å²) in [5, 5.41) is 15.6. The van der Waals surface area contributed by atoms with Gasteiger partial charge in [-0.2, -0.15) is 0 Å². The zero-order chi connectivity index (χ0) is 25.9. The van der Waals surface area contributed by atoms with E-state index < -0.39 is 6.10 Å². The van der Waals surface area contributed by atoms with Gasteiger partial charge in [0.25, 0.3) is 0 Å². The molecule has 0 bridgehead atoms. The molecule has 0 spiro atoms. The van der Waals surface area contributed by atoms with E-state index in [4.69, 9.17) is 9.47 Å². The Morgan fingerprint density at radius 3 is 2.47 bits per heavy atom. The summed E-state index contributed by atoms with van der Waals surface area (Å²) in [6, 6.07) is 10.5. The Bertz CT molecular complexity index is 1080. The van der Waals surface area contributed by atoms with Crippen LogP contribution in [0.1, 0.15) is 63.5 Å². The van der Waals surface area contributed by atoms with Gasteiger partial charge in [0.05, 0.1) is 23.5 Å². The number of aryl methyl sites for hydroxylation is 1. The van der Waals surface area contributed by atoms with Crippen LogP contribution in [-0.4, -0.2) is 58.9 Å². The number of aliphatic hydroxyl groups excluding tert-OH is 1. The number of fused-ring (bicyclic) bond motifs is 2. The normalized spacial score (nSPS) is 16.4. The number of nitrogens with one attached hydrogen (secondary N) is 1. The van der Waals surface area contributed by atoms with Gasteiger partial charge in [-0.1, -0.05) is 39.8 Å². The Labute approximate surface area is 215 Å². The molecular formula is C29H42N4O3. The SMILES string of the molecule is CC.CC.Cc1cnc2cccc(C(O)CN3CCC(NCc4cc5c(cn4)OCCO5)CC3)c2c1. The number of piperidine rings is 1. The molecule has 0 radical (unpaired) electrons. The second-order valence-corrected chi connectivity index (χ2v) is 8.72. The molecule has 7 nitrogen and oxygen atoms in total. The number of β-amino-alcohol motifs (C(OH)–C–C–N with tert-alkyl or cyclic N) is 1. The molecule has 36 heavy (non-hydrogen) atoms. The second-order valence-electron chi connectivity index (χ2n) is 8.72. The van der Waals surface area contributed by atoms with Gasteiger partial charge < -0.3 is 24.8 Å². The lowest BCUT2D eigenvalue weighted by Gasteiger charge is -2.33. The summed E-state index contributed by atoms with van der Waals surface area (Å²) in [4.78, 5) is 11.3. The summed E-state index contributed by atoms with van der Waals surface area (Å²) in [5.74, 6) is 1.51. The van der Waals surface area contributed by atoms with Gasteiger partial charge in [0, 0.05) is 36.8 Å². The molecule has 1 unspecified atom stereocenters. The Hall–Kier alpha value is -2.74. The third-order valence-corrected chi connectivity index (χ3v) is 6.33. The molecule has 5 rings (SSSR count). The molecule has 1 saturated heterocycles. The maximum atomic E-state index is 11.0. The fraction of sp³-hybridized carbons (Fsp3) is 0.517. The van der Waals surface area contributed by atoms with E-state index in [9.17, 15) is 5.11 Å². The molecule has 3 aromatic rings. The Morgan fingerprint density at radius 2 is 1.72 bits per heavy atom. The summed E-state index contributed by atoms with van der Waals surface area (Å²) >= 11 is 0. The van der Waals surface area contributed by atoms with Crippen LogP contribution in [0, 0.1) is 6.92 Å². The highest BCUT2D eigenvalue weighted by Crippen LogP contribution is 2.29. The zero-order valence-electron chi connectivity index (χ0n) is 22.5. The topological polar surface area (TPSA) is 79.7 Å². The van der Waals surface area contributed by atoms with E-state index in [0.29, 0.717) is 32.3 Å². The number of aliphatic hydroxyl groups is 1. The van der Waals surface area contributed by atoms with Crippen molar-refractivity contribution in [1.29, 1.82) is 0 Å². The molecule has 2 aliphatic heterocycles. The maximum Gasteiger partial charge on any atom is 0.179 e. The minimum atomic E-state index is -0.520. The zero-order valence-corrected chi connectivity index (χ0v) is 22.5. The van der Waals surface area contributed by atoms with Crippen molar-refractivity contribution in [3.05, 3.63) is 59.5 Å². The van der Waals surface area contributed by atoms with E-state index in [1.54, 1.807) is 6.20 Å². The molecule has 1 aromatic carbocycles. The van der Waals surface area contributed by atoms with Crippen molar-refractivity contribution in [2.75, 3.05) is 32.8 Å². The number of hydrogen-bond acceptors (Lipinski definition) is 7. The average molecular weight is 495 g/mol. The van der Waals surface area contributed by atoms with E-state index >= 15 is 0 Å². The molecule has 1 atom stereocenters. The van der Waals surface area contributed by atoms with Crippen molar-refractivity contribution in [3.63, 3.8) is 0 Å². The van der Waals surface area contributed by atoms with Crippen LogP contribution in [0.4, 0.5) is 0 Å². The van der Waals surface area contributed by atoms with Gasteiger partial charge in [0.1, 0.15) is 13.2 Å². The highest BCUT2D eigenvalue weighted by Gasteiger charge is 2.22. The molecule has 0 saturated carbocycles. The van der Waals surface area contributed by atoms with Gasteiger partial charge in [-0.05, 0) is 56.1 Å². The average Bonchev–Trinajstić information content (AvgIpc) is 2.94. The first kappa shape index (κ1) is 27.8. The Morgan fingerprint density at radius 1 is 1.00 bits per heavy atom. The molecule has 2 aliphatic rings. The van der Waals surface area contributed by atoms with Crippen LogP contribution in [0.2, 0.25) is 0 Å². The van der Waals surface area contributed by atoms with Gasteiger partial charge in [0.15, 0.2) is 11.5 Å². The summed E-state index contributed by atoms with van der Waals surface area (Å²) in [5.41, 5.74) is 3.97. The fourth-order valence-corrected chi connectivity index (χ4v) is 4.56. The summed E-state index contributed by atoms with van der Waals surface area (Å²) in [6.07, 6.45) is 5.20. The molecule has 0 amide bonds. The fourth-order valence-electron chi connectivity index (χ4n) is 4.56. The quantitative estimate of drug-likeness (QED) is 0.496. The van der Waals surface area contributed by atoms with Crippen molar-refractivity contribution in [2.24, 2.45) is 0 Å². The predicted molar refractivity (Wildman–Crippen MR) is 146 cm³/mol. The molecular weight excluding hydrogens is 452 g/mol. The number of rotatable bonds is 6. The molecule has 1 fully saturated rings. The minimum Gasteiger partial charge on any atom is -0.486 e. The first-order chi connectivity index (χ1) is 17.7. The number of hydrogen-bond donors (Lipinski definition) is 2. The van der Waals surface area contributed by atoms with Crippen molar-refractivity contribution in [2.45, 2.75) is 66.2 Å². The standard InChI is InChI=1S/C25H30N4O3.2C2H6/c1-17-11-21-20(3-2-4-22(21)28-13-17)23(30)16-29-7-5-18(6-8-29)26-14-19-12-24-25(15-27-19)32-10-9-31-24;2*1-2/h2-4,11-13,15,18,23,26,30H,5-10,14,16H2,1H3;2*1-2H3. The Kier molecular flexibility index (Phi) is 10.9. The van der Waals surface area contributed by atoms with Crippen molar-refractivity contribution in [3.8, 4) is 11.5 Å². The number of pyridine rings is 2. The third kappa shape index (κ3) is 7.15. The number of aromatic nitrogens is 2. The lowest BCUT2D eigenvalue weighted by Crippen LogP contribution is -2.43. The van der Waals surface area contributed by atoms with E-state index in [2.05, 4.69) is 26.3 Å². The van der Waals surface area contributed by atoms with E-state index in [1.807, 2.05) is 65.1 Å². The van der Waals surface area contributed by atoms with Crippen LogP contribution in [0.15, 0.2) is 42.7 Å². The van der Waals surface area contributed by atoms with Gasteiger partial charge in [0.2, 0.25) is 0 Å². The van der Waals surface area contributed by atoms with Crippen molar-refractivity contribution in [1.82, 2.24) is 20.2 Å². The minimum absolute atomic E-state index is 0.447. The monoisotopic (exact) mass is 494 g/mol. The number of nitrogens with zero attached hydrogens (tertiary/aromatic N) is 3. The highest BCUT2D eigenvalue weighted by molar-refractivity contribution is 5.83. The smallest absolute Gasteiger partial charge is 0.179 e. The van der Waals surface area contributed by atoms with Gasteiger partial charge in [-0.15, -0.1) is 0 Å². The molecule has 196 valence electrons. The van der Waals surface area contributed by atoms with Crippen LogP contribution < -0.4 is 14.8 Å². The maximum absolute atomic E-state index is 11.0. The van der Waals surface area contributed by atoms with Gasteiger partial charge in [-0.25, -0.2) is 0 Å². The summed E-state index contributed by atoms with van der Waals surface area (Å²) in [7, 11) is 0.